The van der Waals surface area contributed by atoms with Gasteiger partial charge in [0.1, 0.15) is 160 Å². The van der Waals surface area contributed by atoms with Gasteiger partial charge >= 0.3 is 11.9 Å². The first-order valence-corrected chi connectivity index (χ1v) is 26.8. The molecule has 0 amide bonds. The van der Waals surface area contributed by atoms with Gasteiger partial charge in [-0.3, -0.25) is 9.59 Å². The van der Waals surface area contributed by atoms with E-state index in [1.54, 1.807) is 6.92 Å². The van der Waals surface area contributed by atoms with Crippen LogP contribution in [-0.2, 0) is 80.6 Å². The number of ether oxygens (including phenoxy) is 15. The Morgan fingerprint density at radius 1 is 0.388 bits per heavy atom. The second-order valence-electron chi connectivity index (χ2n) is 20.5. The van der Waals surface area contributed by atoms with E-state index in [1.807, 2.05) is 0 Å². The molecule has 7 aliphatic heterocycles. The number of fused-ring (bicyclic) bond motifs is 1. The van der Waals surface area contributed by atoms with Crippen molar-refractivity contribution in [3.63, 3.8) is 0 Å². The minimum Gasteiger partial charge on any atom is -0.496 e. The molecule has 7 fully saturated rings. The number of esters is 2. The maximum atomic E-state index is 10.8. The zero-order valence-electron chi connectivity index (χ0n) is 46.1. The predicted molar refractivity (Wildman–Crippen MR) is 263 cm³/mol. The lowest BCUT2D eigenvalue weighted by Crippen LogP contribution is -2.65. The van der Waals surface area contributed by atoms with Crippen molar-refractivity contribution in [3.05, 3.63) is 12.3 Å². The largest absolute Gasteiger partial charge is 0.496 e. The van der Waals surface area contributed by atoms with E-state index in [2.05, 4.69) is 11.3 Å². The lowest BCUT2D eigenvalue weighted by Gasteiger charge is -2.48. The molecule has 496 valence electrons. The molecule has 0 aromatic rings. The summed E-state index contributed by atoms with van der Waals surface area (Å²) in [4.78, 5) is 21.5. The van der Waals surface area contributed by atoms with Crippen LogP contribution in [-0.4, -0.2) is 364 Å². The highest BCUT2D eigenvalue weighted by atomic mass is 16.8. The number of carbonyl (C=O) groups excluding carboxylic acids is 2. The summed E-state index contributed by atoms with van der Waals surface area (Å²) >= 11 is 0. The summed E-state index contributed by atoms with van der Waals surface area (Å²) in [5.41, 5.74) is 0. The summed E-state index contributed by atoms with van der Waals surface area (Å²) in [6.45, 7) is 5.16. The molecule has 7 rings (SSSR count). The molecule has 0 saturated carbocycles. The molecular weight excluding hydrogens is 1170 g/mol. The van der Waals surface area contributed by atoms with E-state index >= 15 is 0 Å². The zero-order valence-corrected chi connectivity index (χ0v) is 46.1. The quantitative estimate of drug-likeness (QED) is 0.0306. The average Bonchev–Trinajstić information content (AvgIpc) is 2.91. The van der Waals surface area contributed by atoms with Crippen LogP contribution < -0.4 is 0 Å². The molecule has 20 N–H and O–H groups in total. The summed E-state index contributed by atoms with van der Waals surface area (Å²) in [5.74, 6) is -0.602. The number of hydrogen-bond donors (Lipinski definition) is 20. The van der Waals surface area contributed by atoms with Crippen molar-refractivity contribution >= 4 is 11.9 Å². The minimum absolute atomic E-state index is 0.0109. The van der Waals surface area contributed by atoms with Gasteiger partial charge in [-0.05, 0) is 6.92 Å². The molecule has 0 aromatic heterocycles. The lowest BCUT2D eigenvalue weighted by atomic mass is 9.97. The summed E-state index contributed by atoms with van der Waals surface area (Å²) in [7, 11) is 0. The summed E-state index contributed by atoms with van der Waals surface area (Å²) in [6, 6.07) is 0. The molecule has 7 heterocycles. The van der Waals surface area contributed by atoms with Gasteiger partial charge in [0.25, 0.3) is 0 Å². The van der Waals surface area contributed by atoms with Crippen molar-refractivity contribution in [2.45, 2.75) is 218 Å². The highest BCUT2D eigenvalue weighted by molar-refractivity contribution is 5.66. The van der Waals surface area contributed by atoms with E-state index < -0.39 is 222 Å². The van der Waals surface area contributed by atoms with Gasteiger partial charge in [0, 0.05) is 20.3 Å². The maximum Gasteiger partial charge on any atom is 0.302 e. The van der Waals surface area contributed by atoms with Crippen LogP contribution in [0.15, 0.2) is 12.3 Å². The molecule has 0 aliphatic carbocycles. The monoisotopic (exact) mass is 1250 g/mol. The topological polar surface area (TPSA) is 577 Å². The number of carbonyl (C=O) groups is 2. The molecule has 37 nitrogen and oxygen atoms in total. The van der Waals surface area contributed by atoms with Crippen LogP contribution in [0.2, 0.25) is 0 Å². The smallest absolute Gasteiger partial charge is 0.302 e. The minimum atomic E-state index is -1.74. The molecule has 7 aliphatic rings. The predicted octanol–water partition coefficient (Wildman–Crippen LogP) is -12.7. The van der Waals surface area contributed by atoms with Gasteiger partial charge in [-0.1, -0.05) is 6.58 Å². The number of allylic oxidation sites excluding steroid dienone is 1. The van der Waals surface area contributed by atoms with E-state index in [0.717, 1.165) is 0 Å². The Morgan fingerprint density at radius 3 is 1.08 bits per heavy atom. The lowest BCUT2D eigenvalue weighted by molar-refractivity contribution is -0.398. The van der Waals surface area contributed by atoms with Gasteiger partial charge in [0.2, 0.25) is 0 Å². The van der Waals surface area contributed by atoms with Gasteiger partial charge in [-0.15, -0.1) is 0 Å². The molecule has 0 bridgehead atoms. The van der Waals surface area contributed by atoms with E-state index in [0.29, 0.717) is 5.76 Å². The van der Waals surface area contributed by atoms with Crippen LogP contribution in [0.1, 0.15) is 27.2 Å². The Balaban J connectivity index is 0.000000234. The third kappa shape index (κ3) is 19.1. The standard InChI is InChI=1S/C17H28O13.C16H28O13.C15H26O11/c1-6(19)25-3-2-9-26-5-8-15(29-9)12(22)14(24)17(28-8)30-16-13(23)11(21)10(20)7(4-18)27-16;1-6(18)26-3-2-25-5-8-10(20)12(22)14(24)16(28-8)29-15-13(23)11(21)9(19)7(4-17)27-15;1-5(2)23-4-7-9(18)11(20)13(22)15(25-7)26-14-12(21)10(19)8(17)6(3-16)24-14/h7-18,20-24H,2-5H2,1H3;7-17,19-24H,2-5H2,1H3;6-22H,1,3-4H2,2H3/t7-,8-,9?,10-,11+,12-,13-,14-,15-,16-,17-;7-,8-,9-,10-,11+,12+,13-,14-,15-,16-;6-,7-,8-,9-,10+,11+,12-,13-,14-,15-/m111/s1. The van der Waals surface area contributed by atoms with Gasteiger partial charge in [-0.2, -0.15) is 0 Å². The fourth-order valence-electron chi connectivity index (χ4n) is 9.12. The Morgan fingerprint density at radius 2 is 0.718 bits per heavy atom. The van der Waals surface area contributed by atoms with Crippen molar-refractivity contribution in [3.8, 4) is 0 Å². The van der Waals surface area contributed by atoms with Crippen molar-refractivity contribution in [1.82, 2.24) is 0 Å². The first-order chi connectivity index (χ1) is 40.1. The van der Waals surface area contributed by atoms with Crippen molar-refractivity contribution in [1.29, 1.82) is 0 Å². The highest BCUT2D eigenvalue weighted by Gasteiger charge is 2.54. The SMILES string of the molecule is C=C(C)OC[C@H]1O[C@H](O[C@H]2O[C@H](CO)[C@@H](O)[C@H](O)[C@H]2O)[C@H](O)[C@@H](O)[C@@H]1O.CC(=O)OCCC1OC[C@H]2O[C@H](O[C@H]3O[C@H](CO)[C@@H](O)[C@H](O)[C@H]3O)[C@H](O)[C@@H](O)[C@@H]2O1.CC(=O)OCCOC[C@H]1O[C@H](O[C@H]2O[C@H](CO)[C@@H](O)[C@H](O)[C@H]2O)[C@H](O)[C@@H](O)[C@@H]1O. The Kier molecular flexibility index (Phi) is 29.1. The molecule has 0 aromatic carbocycles. The van der Waals surface area contributed by atoms with E-state index in [4.69, 9.17) is 66.3 Å². The number of rotatable bonds is 20. The zero-order chi connectivity index (χ0) is 63.3. The normalized spacial score (nSPS) is 45.6. The van der Waals surface area contributed by atoms with Crippen molar-refractivity contribution in [2.75, 3.05) is 59.5 Å². The summed E-state index contributed by atoms with van der Waals surface area (Å²) in [5, 5.41) is 197. The third-order valence-corrected chi connectivity index (χ3v) is 14.1. The van der Waals surface area contributed by atoms with Gasteiger partial charge in [-0.25, -0.2) is 0 Å². The Labute approximate surface area is 483 Å². The van der Waals surface area contributed by atoms with E-state index in [9.17, 15) is 112 Å². The van der Waals surface area contributed by atoms with Crippen LogP contribution >= 0.6 is 0 Å². The Hall–Kier alpha value is -2.80. The molecule has 85 heavy (non-hydrogen) atoms. The van der Waals surface area contributed by atoms with Crippen LogP contribution in [0.5, 0.6) is 0 Å². The van der Waals surface area contributed by atoms with Crippen LogP contribution in [0.3, 0.4) is 0 Å². The molecule has 0 radical (unpaired) electrons. The summed E-state index contributed by atoms with van der Waals surface area (Å²) in [6.07, 6.45) is -45.4. The number of aliphatic hydroxyl groups is 20. The number of hydrogen-bond acceptors (Lipinski definition) is 37. The number of aliphatic hydroxyl groups excluding tert-OH is 20. The molecular formula is C48H82O37. The molecule has 31 atom stereocenters. The van der Waals surface area contributed by atoms with Crippen LogP contribution in [0, 0.1) is 0 Å². The second kappa shape index (κ2) is 33.9. The van der Waals surface area contributed by atoms with Crippen LogP contribution in [0.4, 0.5) is 0 Å². The fourth-order valence-corrected chi connectivity index (χ4v) is 9.12. The van der Waals surface area contributed by atoms with Crippen molar-refractivity contribution in [2.24, 2.45) is 0 Å². The average molecular weight is 1250 g/mol. The fraction of sp³-hybridized carbons (Fsp3) is 0.917. The van der Waals surface area contributed by atoms with Gasteiger partial charge in [0.05, 0.1) is 52.0 Å². The second-order valence-corrected chi connectivity index (χ2v) is 20.5. The van der Waals surface area contributed by atoms with Crippen molar-refractivity contribution < 1.29 is 183 Å². The molecule has 1 unspecified atom stereocenters. The van der Waals surface area contributed by atoms with Crippen LogP contribution in [0.25, 0.3) is 0 Å². The highest BCUT2D eigenvalue weighted by Crippen LogP contribution is 2.34. The first-order valence-electron chi connectivity index (χ1n) is 26.8. The van der Waals surface area contributed by atoms with Gasteiger partial charge < -0.3 is 173 Å². The van der Waals surface area contributed by atoms with E-state index in [-0.39, 0.29) is 46.1 Å². The molecule has 0 spiro atoms. The molecule has 7 saturated heterocycles. The maximum absolute atomic E-state index is 10.8. The third-order valence-electron chi connectivity index (χ3n) is 14.1. The van der Waals surface area contributed by atoms with E-state index in [1.165, 1.54) is 13.8 Å². The Bertz CT molecular complexity index is 1990. The molecule has 37 heteroatoms. The van der Waals surface area contributed by atoms with Gasteiger partial charge in [0.15, 0.2) is 44.0 Å². The first kappa shape index (κ1) is 72.9. The summed E-state index contributed by atoms with van der Waals surface area (Å²) < 4.78 is 78.8.